The lowest BCUT2D eigenvalue weighted by atomic mass is 10.5. The molecule has 0 bridgehead atoms. The molecule has 0 aliphatic rings. The first kappa shape index (κ1) is 15.2. The SMILES string of the molecule is CC(=O)SCP(=N)(OC(C)C)OC(C)C. The quantitative estimate of drug-likeness (QED) is 0.733. The Kier molecular flexibility index (Phi) is 6.76. The zero-order valence-electron chi connectivity index (χ0n) is 9.94. The molecule has 90 valence electrons. The first-order chi connectivity index (χ1) is 6.75. The summed E-state index contributed by atoms with van der Waals surface area (Å²) in [5.41, 5.74) is 0.304. The topological polar surface area (TPSA) is 59.4 Å². The minimum atomic E-state index is -2.64. The molecule has 4 nitrogen and oxygen atoms in total. The van der Waals surface area contributed by atoms with Gasteiger partial charge in [0.25, 0.3) is 0 Å². The van der Waals surface area contributed by atoms with Crippen LogP contribution in [0.1, 0.15) is 34.6 Å². The van der Waals surface area contributed by atoms with Crippen molar-refractivity contribution in [2.24, 2.45) is 0 Å². The van der Waals surface area contributed by atoms with E-state index in [1.54, 1.807) is 0 Å². The highest BCUT2D eigenvalue weighted by atomic mass is 32.2. The number of rotatable bonds is 6. The maximum Gasteiger partial charge on any atom is 0.220 e. The molecule has 0 unspecified atom stereocenters. The molecule has 0 saturated heterocycles. The second-order valence-corrected chi connectivity index (χ2v) is 7.41. The average molecular weight is 253 g/mol. The third-order valence-corrected chi connectivity index (χ3v) is 5.01. The van der Waals surface area contributed by atoms with Gasteiger partial charge in [-0.15, -0.1) is 0 Å². The first-order valence-corrected chi connectivity index (χ1v) is 7.68. The van der Waals surface area contributed by atoms with E-state index in [0.29, 0.717) is 5.49 Å². The van der Waals surface area contributed by atoms with Gasteiger partial charge in [0.2, 0.25) is 7.51 Å². The summed E-state index contributed by atoms with van der Waals surface area (Å²) in [5, 5.41) is 8.06. The largest absolute Gasteiger partial charge is 0.321 e. The lowest BCUT2D eigenvalue weighted by Gasteiger charge is -2.25. The molecule has 0 atom stereocenters. The minimum Gasteiger partial charge on any atom is -0.321 e. The number of nitrogens with one attached hydrogen (secondary N) is 1. The molecular weight excluding hydrogens is 233 g/mol. The van der Waals surface area contributed by atoms with E-state index in [2.05, 4.69) is 0 Å². The van der Waals surface area contributed by atoms with E-state index in [1.807, 2.05) is 27.7 Å². The highest BCUT2D eigenvalue weighted by Gasteiger charge is 2.23. The number of thioether (sulfide) groups is 1. The average Bonchev–Trinajstić information content (AvgIpc) is 1.97. The fourth-order valence-corrected chi connectivity index (χ4v) is 4.25. The van der Waals surface area contributed by atoms with Gasteiger partial charge in [-0.1, -0.05) is 11.8 Å². The molecule has 15 heavy (non-hydrogen) atoms. The Bertz CT molecular complexity index is 242. The molecule has 0 spiro atoms. The van der Waals surface area contributed by atoms with Gasteiger partial charge >= 0.3 is 0 Å². The molecule has 0 aliphatic carbocycles. The van der Waals surface area contributed by atoms with Gasteiger partial charge in [0.05, 0.1) is 17.7 Å². The summed E-state index contributed by atoms with van der Waals surface area (Å²) in [6.07, 6.45) is -0.107. The van der Waals surface area contributed by atoms with Gasteiger partial charge < -0.3 is 9.05 Å². The van der Waals surface area contributed by atoms with Gasteiger partial charge in [0.15, 0.2) is 5.12 Å². The van der Waals surface area contributed by atoms with Crippen molar-refractivity contribution >= 4 is 24.4 Å². The van der Waals surface area contributed by atoms with Crippen LogP contribution in [-0.2, 0) is 13.8 Å². The first-order valence-electron chi connectivity index (χ1n) is 4.88. The molecule has 1 N–H and O–H groups in total. The van der Waals surface area contributed by atoms with Crippen molar-refractivity contribution in [1.82, 2.24) is 0 Å². The molecule has 0 radical (unpaired) electrons. The molecule has 6 heteroatoms. The van der Waals surface area contributed by atoms with Crippen LogP contribution in [0, 0.1) is 5.16 Å². The summed E-state index contributed by atoms with van der Waals surface area (Å²) in [6, 6.07) is 0. The van der Waals surface area contributed by atoms with Gasteiger partial charge in [-0.25, -0.2) is 0 Å². The number of carbonyl (C=O) groups excluding carboxylic acids is 1. The summed E-state index contributed by atoms with van der Waals surface area (Å²) in [7, 11) is -2.64. The zero-order valence-corrected chi connectivity index (χ0v) is 11.7. The predicted molar refractivity (Wildman–Crippen MR) is 65.2 cm³/mol. The zero-order chi connectivity index (χ0) is 12.1. The highest BCUT2D eigenvalue weighted by Crippen LogP contribution is 2.53. The summed E-state index contributed by atoms with van der Waals surface area (Å²) >= 11 is 1.10. The van der Waals surface area contributed by atoms with Gasteiger partial charge in [-0.3, -0.25) is 9.96 Å². The van der Waals surface area contributed by atoms with Crippen molar-refractivity contribution < 1.29 is 13.8 Å². The highest BCUT2D eigenvalue weighted by molar-refractivity contribution is 8.17. The van der Waals surface area contributed by atoms with E-state index in [-0.39, 0.29) is 17.3 Å². The molecular formula is C9H20NO3PS. The van der Waals surface area contributed by atoms with E-state index in [9.17, 15) is 4.79 Å². The second kappa shape index (κ2) is 6.69. The van der Waals surface area contributed by atoms with Crippen LogP contribution in [0.2, 0.25) is 0 Å². The Labute approximate surface area is 96.1 Å². The van der Waals surface area contributed by atoms with Gasteiger partial charge in [0.1, 0.15) is 0 Å². The van der Waals surface area contributed by atoms with Gasteiger partial charge in [0, 0.05) is 6.92 Å². The van der Waals surface area contributed by atoms with Crippen LogP contribution in [0.15, 0.2) is 0 Å². The summed E-state index contributed by atoms with van der Waals surface area (Å²) in [5.74, 6) is 0. The maximum absolute atomic E-state index is 10.8. The normalized spacial score (nSPS) is 12.5. The van der Waals surface area contributed by atoms with Crippen LogP contribution in [0.4, 0.5) is 0 Å². The third kappa shape index (κ3) is 8.03. The van der Waals surface area contributed by atoms with Gasteiger partial charge in [-0.05, 0) is 27.7 Å². The standard InChI is InChI=1S/C9H20NO3PS/c1-7(2)12-14(10,13-8(3)4)6-15-9(5)11/h7-8,10H,6H2,1-5H3. The minimum absolute atomic E-state index is 0.00802. The van der Waals surface area contributed by atoms with Gasteiger partial charge in [-0.2, -0.15) is 0 Å². The molecule has 0 aromatic carbocycles. The van der Waals surface area contributed by atoms with Crippen LogP contribution < -0.4 is 0 Å². The fraction of sp³-hybridized carbons (Fsp3) is 0.889. The van der Waals surface area contributed by atoms with E-state index in [0.717, 1.165) is 11.8 Å². The maximum atomic E-state index is 10.8. The number of carbonyl (C=O) groups is 1. The van der Waals surface area contributed by atoms with Crippen molar-refractivity contribution in [2.75, 3.05) is 5.49 Å². The van der Waals surface area contributed by atoms with Crippen LogP contribution in [-0.4, -0.2) is 22.8 Å². The third-order valence-electron chi connectivity index (χ3n) is 1.20. The van der Waals surface area contributed by atoms with Crippen LogP contribution >= 0.6 is 19.3 Å². The second-order valence-electron chi connectivity index (χ2n) is 3.75. The van der Waals surface area contributed by atoms with E-state index < -0.39 is 7.51 Å². The molecule has 0 aromatic heterocycles. The Morgan fingerprint density at radius 3 is 1.93 bits per heavy atom. The van der Waals surface area contributed by atoms with Crippen LogP contribution in [0.5, 0.6) is 0 Å². The Balaban J connectivity index is 4.40. The van der Waals surface area contributed by atoms with E-state index in [4.69, 9.17) is 14.2 Å². The van der Waals surface area contributed by atoms with Crippen molar-refractivity contribution in [3.63, 3.8) is 0 Å². The molecule has 0 saturated carbocycles. The molecule has 0 amide bonds. The van der Waals surface area contributed by atoms with Crippen LogP contribution in [0.3, 0.4) is 0 Å². The summed E-state index contributed by atoms with van der Waals surface area (Å²) in [6.45, 7) is 8.95. The number of hydrogen-bond acceptors (Lipinski definition) is 5. The van der Waals surface area contributed by atoms with Crippen molar-refractivity contribution in [3.05, 3.63) is 0 Å². The smallest absolute Gasteiger partial charge is 0.220 e. The predicted octanol–water partition coefficient (Wildman–Crippen LogP) is 3.68. The van der Waals surface area contributed by atoms with E-state index in [1.165, 1.54) is 6.92 Å². The Morgan fingerprint density at radius 2 is 1.67 bits per heavy atom. The van der Waals surface area contributed by atoms with Crippen molar-refractivity contribution in [2.45, 2.75) is 46.8 Å². The molecule has 0 heterocycles. The summed E-state index contributed by atoms with van der Waals surface area (Å²) < 4.78 is 11.0. The van der Waals surface area contributed by atoms with Crippen molar-refractivity contribution in [1.29, 1.82) is 5.16 Å². The molecule has 0 rings (SSSR count). The Morgan fingerprint density at radius 1 is 1.27 bits per heavy atom. The summed E-state index contributed by atoms with van der Waals surface area (Å²) in [4.78, 5) is 10.8. The van der Waals surface area contributed by atoms with Crippen molar-refractivity contribution in [3.8, 4) is 0 Å². The van der Waals surface area contributed by atoms with E-state index >= 15 is 0 Å². The molecule has 0 aliphatic heterocycles. The Hall–Kier alpha value is 0.170. The molecule has 0 fully saturated rings. The molecule has 0 aromatic rings. The fourth-order valence-electron chi connectivity index (χ4n) is 0.943. The van der Waals surface area contributed by atoms with Crippen LogP contribution in [0.25, 0.3) is 0 Å². The lowest BCUT2D eigenvalue weighted by molar-refractivity contribution is -0.109. The monoisotopic (exact) mass is 253 g/mol. The number of hydrogen-bond donors (Lipinski definition) is 1. The lowest BCUT2D eigenvalue weighted by Crippen LogP contribution is -2.09.